The Hall–Kier alpha value is -4.69. The van der Waals surface area contributed by atoms with Gasteiger partial charge < -0.3 is 4.74 Å². The van der Waals surface area contributed by atoms with Gasteiger partial charge in [0.2, 0.25) is 0 Å². The van der Waals surface area contributed by atoms with Gasteiger partial charge in [0.15, 0.2) is 11.0 Å². The van der Waals surface area contributed by atoms with Crippen molar-refractivity contribution in [3.8, 4) is 34.0 Å². The molecule has 8 heteroatoms. The van der Waals surface area contributed by atoms with E-state index in [1.807, 2.05) is 102 Å². The highest BCUT2D eigenvalue weighted by Gasteiger charge is 2.17. The second-order valence-electron chi connectivity index (χ2n) is 8.78. The molecule has 1 amide bonds. The van der Waals surface area contributed by atoms with Crippen LogP contribution >= 0.6 is 11.8 Å². The van der Waals surface area contributed by atoms with E-state index in [0.29, 0.717) is 11.0 Å². The number of aromatic nitrogens is 3. The molecule has 0 saturated heterocycles. The van der Waals surface area contributed by atoms with Crippen LogP contribution in [0.3, 0.4) is 0 Å². The van der Waals surface area contributed by atoms with Gasteiger partial charge in [-0.25, -0.2) is 5.43 Å². The number of hydrazone groups is 1. The number of ether oxygens (including phenoxy) is 1. The number of thioether (sulfide) groups is 1. The van der Waals surface area contributed by atoms with Crippen LogP contribution in [0.15, 0.2) is 113 Å². The highest BCUT2D eigenvalue weighted by Crippen LogP contribution is 2.29. The first-order valence-corrected chi connectivity index (χ1v) is 13.4. The van der Waals surface area contributed by atoms with Gasteiger partial charge in [0, 0.05) is 11.3 Å². The van der Waals surface area contributed by atoms with E-state index in [9.17, 15) is 4.79 Å². The number of methoxy groups -OCH3 is 1. The Morgan fingerprint density at radius 3 is 2.23 bits per heavy atom. The first-order valence-electron chi connectivity index (χ1n) is 12.4. The molecule has 39 heavy (non-hydrogen) atoms. The van der Waals surface area contributed by atoms with Crippen molar-refractivity contribution in [2.24, 2.45) is 5.10 Å². The third-order valence-corrected chi connectivity index (χ3v) is 6.96. The molecule has 1 N–H and O–H groups in total. The SMILES string of the molecule is COc1ccc(-c2nnc(SCC(=O)N/N=C/c3ccc(-c4ccccc4)cc3)n2-c2ccc(C)cc2)cc1. The number of carbonyl (C=O) groups is 1. The van der Waals surface area contributed by atoms with Gasteiger partial charge in [0.25, 0.3) is 5.91 Å². The van der Waals surface area contributed by atoms with Gasteiger partial charge in [-0.05, 0) is 60.0 Å². The van der Waals surface area contributed by atoms with Gasteiger partial charge in [0.05, 0.1) is 19.1 Å². The van der Waals surface area contributed by atoms with Crippen LogP contribution < -0.4 is 10.2 Å². The van der Waals surface area contributed by atoms with Crippen LogP contribution in [-0.4, -0.2) is 39.7 Å². The molecule has 194 valence electrons. The third-order valence-electron chi connectivity index (χ3n) is 6.03. The maximum atomic E-state index is 12.6. The lowest BCUT2D eigenvalue weighted by Crippen LogP contribution is -2.20. The first-order chi connectivity index (χ1) is 19.1. The molecule has 4 aromatic carbocycles. The highest BCUT2D eigenvalue weighted by atomic mass is 32.2. The Bertz CT molecular complexity index is 1560. The van der Waals surface area contributed by atoms with Gasteiger partial charge in [-0.2, -0.15) is 5.10 Å². The zero-order valence-corrected chi connectivity index (χ0v) is 22.4. The second-order valence-corrected chi connectivity index (χ2v) is 9.72. The molecule has 0 atom stereocenters. The van der Waals surface area contributed by atoms with Crippen molar-refractivity contribution < 1.29 is 9.53 Å². The van der Waals surface area contributed by atoms with Gasteiger partial charge in [0.1, 0.15) is 5.75 Å². The van der Waals surface area contributed by atoms with E-state index in [-0.39, 0.29) is 11.7 Å². The summed E-state index contributed by atoms with van der Waals surface area (Å²) in [6.07, 6.45) is 1.63. The molecule has 0 fully saturated rings. The molecular weight excluding hydrogens is 506 g/mol. The molecule has 5 aromatic rings. The van der Waals surface area contributed by atoms with Gasteiger partial charge in [-0.3, -0.25) is 9.36 Å². The van der Waals surface area contributed by atoms with Crippen LogP contribution in [-0.2, 0) is 4.79 Å². The predicted octanol–water partition coefficient (Wildman–Crippen LogP) is 6.16. The Kier molecular flexibility index (Phi) is 8.14. The quantitative estimate of drug-likeness (QED) is 0.139. The molecule has 0 unspecified atom stereocenters. The van der Waals surface area contributed by atoms with E-state index in [0.717, 1.165) is 39.3 Å². The summed E-state index contributed by atoms with van der Waals surface area (Å²) in [5.74, 6) is 1.35. The summed E-state index contributed by atoms with van der Waals surface area (Å²) in [5, 5.41) is 13.6. The van der Waals surface area contributed by atoms with Crippen LogP contribution in [0.4, 0.5) is 0 Å². The molecule has 0 bridgehead atoms. The third kappa shape index (κ3) is 6.42. The summed E-state index contributed by atoms with van der Waals surface area (Å²) in [6, 6.07) is 33.9. The van der Waals surface area contributed by atoms with Crippen LogP contribution in [0.5, 0.6) is 5.75 Å². The average Bonchev–Trinajstić information content (AvgIpc) is 3.41. The normalized spacial score (nSPS) is 11.0. The molecule has 1 aromatic heterocycles. The maximum absolute atomic E-state index is 12.6. The summed E-state index contributed by atoms with van der Waals surface area (Å²) in [4.78, 5) is 12.6. The van der Waals surface area contributed by atoms with Gasteiger partial charge >= 0.3 is 0 Å². The lowest BCUT2D eigenvalue weighted by Gasteiger charge is -2.11. The Balaban J connectivity index is 1.26. The number of hydrogen-bond acceptors (Lipinski definition) is 6. The average molecular weight is 534 g/mol. The van der Waals surface area contributed by atoms with Gasteiger partial charge in [-0.15, -0.1) is 10.2 Å². The summed E-state index contributed by atoms with van der Waals surface area (Å²) < 4.78 is 7.24. The van der Waals surface area contributed by atoms with Gasteiger partial charge in [-0.1, -0.05) is 84.1 Å². The minimum Gasteiger partial charge on any atom is -0.497 e. The predicted molar refractivity (Wildman–Crippen MR) is 156 cm³/mol. The Morgan fingerprint density at radius 2 is 1.54 bits per heavy atom. The van der Waals surface area contributed by atoms with E-state index in [2.05, 4.69) is 32.9 Å². The zero-order chi connectivity index (χ0) is 27.0. The van der Waals surface area contributed by atoms with E-state index >= 15 is 0 Å². The fourth-order valence-corrected chi connectivity index (χ4v) is 4.69. The number of carbonyl (C=O) groups excluding carboxylic acids is 1. The number of rotatable bonds is 9. The van der Waals surface area contributed by atoms with Crippen LogP contribution in [0, 0.1) is 6.92 Å². The van der Waals surface area contributed by atoms with E-state index in [1.165, 1.54) is 11.8 Å². The summed E-state index contributed by atoms with van der Waals surface area (Å²) in [7, 11) is 1.63. The highest BCUT2D eigenvalue weighted by molar-refractivity contribution is 7.99. The van der Waals surface area contributed by atoms with Crippen molar-refractivity contribution in [3.63, 3.8) is 0 Å². The largest absolute Gasteiger partial charge is 0.497 e. The van der Waals surface area contributed by atoms with Crippen molar-refractivity contribution in [2.45, 2.75) is 12.1 Å². The molecule has 0 aliphatic rings. The van der Waals surface area contributed by atoms with E-state index in [1.54, 1.807) is 13.3 Å². The number of amides is 1. The fraction of sp³-hybridized carbons (Fsp3) is 0.0968. The number of hydrogen-bond donors (Lipinski definition) is 1. The number of benzene rings is 4. The zero-order valence-electron chi connectivity index (χ0n) is 21.6. The maximum Gasteiger partial charge on any atom is 0.250 e. The summed E-state index contributed by atoms with van der Waals surface area (Å²) in [6.45, 7) is 2.04. The van der Waals surface area contributed by atoms with E-state index in [4.69, 9.17) is 4.74 Å². The number of nitrogens with zero attached hydrogens (tertiary/aromatic N) is 4. The van der Waals surface area contributed by atoms with E-state index < -0.39 is 0 Å². The first kappa shape index (κ1) is 25.9. The fourth-order valence-electron chi connectivity index (χ4n) is 3.95. The molecule has 0 aliphatic heterocycles. The minimum atomic E-state index is -0.235. The molecule has 0 radical (unpaired) electrons. The van der Waals surface area contributed by atoms with Crippen molar-refractivity contribution in [1.82, 2.24) is 20.2 Å². The molecule has 1 heterocycles. The Morgan fingerprint density at radius 1 is 0.872 bits per heavy atom. The molecule has 0 saturated carbocycles. The second kappa shape index (κ2) is 12.2. The van der Waals surface area contributed by atoms with Crippen LogP contribution in [0.2, 0.25) is 0 Å². The van der Waals surface area contributed by atoms with Crippen LogP contribution in [0.1, 0.15) is 11.1 Å². The number of nitrogens with one attached hydrogen (secondary N) is 1. The topological polar surface area (TPSA) is 81.4 Å². The Labute approximate surface area is 231 Å². The molecule has 0 spiro atoms. The number of aryl methyl sites for hydroxylation is 1. The minimum absolute atomic E-state index is 0.136. The molecule has 0 aliphatic carbocycles. The molecular formula is C31H27N5O2S. The van der Waals surface area contributed by atoms with Crippen LogP contribution in [0.25, 0.3) is 28.2 Å². The summed E-state index contributed by atoms with van der Waals surface area (Å²) >= 11 is 1.30. The molecule has 7 nitrogen and oxygen atoms in total. The summed E-state index contributed by atoms with van der Waals surface area (Å²) in [5.41, 5.74) is 8.73. The monoisotopic (exact) mass is 533 g/mol. The molecule has 5 rings (SSSR count). The lowest BCUT2D eigenvalue weighted by atomic mass is 10.0. The van der Waals surface area contributed by atoms with Crippen molar-refractivity contribution in [1.29, 1.82) is 0 Å². The smallest absolute Gasteiger partial charge is 0.250 e. The lowest BCUT2D eigenvalue weighted by molar-refractivity contribution is -0.118. The standard InChI is InChI=1S/C31H27N5O2S/c1-22-8-16-27(17-9-22)36-30(26-14-18-28(38-2)19-15-26)34-35-31(36)39-21-29(37)33-32-20-23-10-12-25(13-11-23)24-6-4-3-5-7-24/h3-20H,21H2,1-2H3,(H,33,37)/b32-20+. The van der Waals surface area contributed by atoms with Crippen molar-refractivity contribution in [2.75, 3.05) is 12.9 Å². The van der Waals surface area contributed by atoms with Crippen molar-refractivity contribution >= 4 is 23.9 Å². The van der Waals surface area contributed by atoms with Crippen molar-refractivity contribution in [3.05, 3.63) is 114 Å².